The highest BCUT2D eigenvalue weighted by atomic mass is 19.3. The van der Waals surface area contributed by atoms with Crippen molar-refractivity contribution in [1.82, 2.24) is 4.98 Å². The number of rotatable bonds is 5. The lowest BCUT2D eigenvalue weighted by Gasteiger charge is -2.34. The first-order chi connectivity index (χ1) is 13.9. The molecule has 0 bridgehead atoms. The molecule has 1 fully saturated rings. The molecule has 7 heteroatoms. The zero-order chi connectivity index (χ0) is 20.4. The molecular formula is C22H24F2N4O. The van der Waals surface area contributed by atoms with Crippen molar-refractivity contribution in [2.45, 2.75) is 25.3 Å². The number of nitrogens with one attached hydrogen (secondary N) is 1. The lowest BCUT2D eigenvalue weighted by molar-refractivity contribution is -0.0220. The fraction of sp³-hybridized carbons (Fsp3) is 0.318. The van der Waals surface area contributed by atoms with Crippen LogP contribution in [0.15, 0.2) is 48.5 Å². The molecule has 0 spiro atoms. The maximum atomic E-state index is 13.6. The summed E-state index contributed by atoms with van der Waals surface area (Å²) >= 11 is 0. The van der Waals surface area contributed by atoms with Gasteiger partial charge in [-0.3, -0.25) is 0 Å². The first-order valence-corrected chi connectivity index (χ1v) is 9.63. The molecule has 4 rings (SSSR count). The van der Waals surface area contributed by atoms with E-state index in [0.717, 1.165) is 33.7 Å². The van der Waals surface area contributed by atoms with Gasteiger partial charge in [-0.15, -0.1) is 0 Å². The number of hydrogen-bond acceptors (Lipinski definition) is 5. The van der Waals surface area contributed by atoms with Gasteiger partial charge in [0.2, 0.25) is 0 Å². The van der Waals surface area contributed by atoms with E-state index in [1.165, 1.54) is 0 Å². The van der Waals surface area contributed by atoms with Gasteiger partial charge in [-0.25, -0.2) is 13.8 Å². The standard InChI is InChI=1S/C22H24F2N4O/c1-29-18-5-2-15(3-6-18)14-26-20-7-4-16-12-17(25)13-19(21(16)27-20)28-10-8-22(23,24)9-11-28/h2-7,12-13H,8-11,14,25H2,1H3,(H,26,27). The van der Waals surface area contributed by atoms with Crippen molar-refractivity contribution >= 4 is 28.1 Å². The van der Waals surface area contributed by atoms with Crippen LogP contribution < -0.4 is 20.7 Å². The molecule has 0 amide bonds. The SMILES string of the molecule is COc1ccc(CNc2ccc3cc(N)cc(N4CCC(F)(F)CC4)c3n2)cc1. The summed E-state index contributed by atoms with van der Waals surface area (Å²) in [6, 6.07) is 15.4. The van der Waals surface area contributed by atoms with Gasteiger partial charge in [-0.2, -0.15) is 0 Å². The van der Waals surface area contributed by atoms with E-state index >= 15 is 0 Å². The Hall–Kier alpha value is -3.09. The van der Waals surface area contributed by atoms with Gasteiger partial charge in [0.05, 0.1) is 18.3 Å². The van der Waals surface area contributed by atoms with Crippen molar-refractivity contribution in [2.24, 2.45) is 0 Å². The molecule has 3 aromatic rings. The van der Waals surface area contributed by atoms with E-state index in [-0.39, 0.29) is 25.9 Å². The minimum atomic E-state index is -2.59. The second kappa shape index (κ2) is 7.73. The molecule has 2 heterocycles. The van der Waals surface area contributed by atoms with Crippen LogP contribution >= 0.6 is 0 Å². The minimum absolute atomic E-state index is 0.154. The van der Waals surface area contributed by atoms with Gasteiger partial charge < -0.3 is 20.7 Å². The number of piperidine rings is 1. The number of nitrogens with zero attached hydrogens (tertiary/aromatic N) is 2. The highest BCUT2D eigenvalue weighted by Crippen LogP contribution is 2.35. The third kappa shape index (κ3) is 4.34. The number of methoxy groups -OCH3 is 1. The molecule has 3 N–H and O–H groups in total. The molecule has 0 aliphatic carbocycles. The normalized spacial score (nSPS) is 16.0. The van der Waals surface area contributed by atoms with E-state index in [1.54, 1.807) is 7.11 Å². The van der Waals surface area contributed by atoms with Crippen molar-refractivity contribution in [3.8, 4) is 5.75 Å². The summed E-state index contributed by atoms with van der Waals surface area (Å²) in [5.41, 5.74) is 9.33. The van der Waals surface area contributed by atoms with E-state index in [9.17, 15) is 8.78 Å². The minimum Gasteiger partial charge on any atom is -0.497 e. The average Bonchev–Trinajstić information content (AvgIpc) is 2.72. The summed E-state index contributed by atoms with van der Waals surface area (Å²) in [7, 11) is 1.64. The second-order valence-corrected chi connectivity index (χ2v) is 7.35. The molecule has 0 atom stereocenters. The number of alkyl halides is 2. The predicted molar refractivity (Wildman–Crippen MR) is 113 cm³/mol. The van der Waals surface area contributed by atoms with Crippen LogP contribution in [0.5, 0.6) is 5.75 Å². The second-order valence-electron chi connectivity index (χ2n) is 7.35. The lowest BCUT2D eigenvalue weighted by atomic mass is 10.0. The summed E-state index contributed by atoms with van der Waals surface area (Å²) < 4.78 is 32.3. The Labute approximate surface area is 168 Å². The summed E-state index contributed by atoms with van der Waals surface area (Å²) in [5.74, 6) is -1.06. The van der Waals surface area contributed by atoms with Gasteiger partial charge in [-0.1, -0.05) is 12.1 Å². The number of halogens is 2. The Bertz CT molecular complexity index is 998. The number of nitrogen functional groups attached to an aromatic ring is 1. The van der Waals surface area contributed by atoms with Gasteiger partial charge in [0.15, 0.2) is 0 Å². The topological polar surface area (TPSA) is 63.4 Å². The molecule has 152 valence electrons. The third-order valence-electron chi connectivity index (χ3n) is 5.26. The molecule has 1 saturated heterocycles. The summed E-state index contributed by atoms with van der Waals surface area (Å²) in [4.78, 5) is 6.71. The fourth-order valence-electron chi connectivity index (χ4n) is 3.59. The molecule has 5 nitrogen and oxygen atoms in total. The molecule has 0 radical (unpaired) electrons. The largest absolute Gasteiger partial charge is 0.497 e. The number of anilines is 3. The number of ether oxygens (including phenoxy) is 1. The van der Waals surface area contributed by atoms with E-state index in [1.807, 2.05) is 53.4 Å². The maximum absolute atomic E-state index is 13.6. The number of fused-ring (bicyclic) bond motifs is 1. The van der Waals surface area contributed by atoms with Crippen molar-refractivity contribution in [3.05, 3.63) is 54.1 Å². The maximum Gasteiger partial charge on any atom is 0.251 e. The Kier molecular flexibility index (Phi) is 5.13. The quantitative estimate of drug-likeness (QED) is 0.612. The average molecular weight is 398 g/mol. The molecule has 1 aromatic heterocycles. The van der Waals surface area contributed by atoms with Crippen LogP contribution in [0.1, 0.15) is 18.4 Å². The van der Waals surface area contributed by atoms with Crippen LogP contribution in [-0.4, -0.2) is 31.1 Å². The summed E-state index contributed by atoms with van der Waals surface area (Å²) in [6.07, 6.45) is -0.308. The molecule has 0 unspecified atom stereocenters. The van der Waals surface area contributed by atoms with Crippen molar-refractivity contribution in [2.75, 3.05) is 36.1 Å². The Morgan fingerprint density at radius 3 is 2.52 bits per heavy atom. The molecular weight excluding hydrogens is 374 g/mol. The fourth-order valence-corrected chi connectivity index (χ4v) is 3.59. The first-order valence-electron chi connectivity index (χ1n) is 9.63. The van der Waals surface area contributed by atoms with E-state index in [0.29, 0.717) is 12.2 Å². The van der Waals surface area contributed by atoms with Crippen LogP contribution in [0.2, 0.25) is 0 Å². The lowest BCUT2D eigenvalue weighted by Crippen LogP contribution is -2.39. The zero-order valence-corrected chi connectivity index (χ0v) is 16.3. The third-order valence-corrected chi connectivity index (χ3v) is 5.26. The van der Waals surface area contributed by atoms with Gasteiger partial charge >= 0.3 is 0 Å². The summed E-state index contributed by atoms with van der Waals surface area (Å²) in [5, 5.41) is 4.22. The zero-order valence-electron chi connectivity index (χ0n) is 16.3. The number of hydrogen-bond donors (Lipinski definition) is 2. The monoisotopic (exact) mass is 398 g/mol. The van der Waals surface area contributed by atoms with Crippen LogP contribution in [0.25, 0.3) is 10.9 Å². The Morgan fingerprint density at radius 2 is 1.83 bits per heavy atom. The highest BCUT2D eigenvalue weighted by Gasteiger charge is 2.34. The molecule has 1 aliphatic heterocycles. The smallest absolute Gasteiger partial charge is 0.251 e. The van der Waals surface area contributed by atoms with E-state index in [4.69, 9.17) is 15.5 Å². The van der Waals surface area contributed by atoms with E-state index in [2.05, 4.69) is 5.32 Å². The van der Waals surface area contributed by atoms with Gasteiger partial charge in [0.1, 0.15) is 11.6 Å². The molecule has 2 aromatic carbocycles. The van der Waals surface area contributed by atoms with Crippen LogP contribution in [0.3, 0.4) is 0 Å². The predicted octanol–water partition coefficient (Wildman–Crippen LogP) is 4.67. The molecule has 1 aliphatic rings. The van der Waals surface area contributed by atoms with Crippen molar-refractivity contribution in [3.63, 3.8) is 0 Å². The summed E-state index contributed by atoms with van der Waals surface area (Å²) in [6.45, 7) is 1.19. The van der Waals surface area contributed by atoms with Crippen molar-refractivity contribution < 1.29 is 13.5 Å². The number of benzene rings is 2. The molecule has 0 saturated carbocycles. The Balaban J connectivity index is 1.58. The van der Waals surface area contributed by atoms with Gasteiger partial charge in [0, 0.05) is 43.5 Å². The number of aromatic nitrogens is 1. The number of nitrogens with two attached hydrogens (primary N) is 1. The van der Waals surface area contributed by atoms with Crippen LogP contribution in [0, 0.1) is 0 Å². The van der Waals surface area contributed by atoms with E-state index < -0.39 is 5.92 Å². The number of pyridine rings is 1. The van der Waals surface area contributed by atoms with Crippen LogP contribution in [-0.2, 0) is 6.54 Å². The molecule has 29 heavy (non-hydrogen) atoms. The Morgan fingerprint density at radius 1 is 1.10 bits per heavy atom. The van der Waals surface area contributed by atoms with Crippen LogP contribution in [0.4, 0.5) is 26.0 Å². The first kappa shape index (κ1) is 19.2. The van der Waals surface area contributed by atoms with Crippen molar-refractivity contribution in [1.29, 1.82) is 0 Å². The van der Waals surface area contributed by atoms with Gasteiger partial charge in [-0.05, 0) is 42.0 Å². The van der Waals surface area contributed by atoms with Gasteiger partial charge in [0.25, 0.3) is 5.92 Å². The highest BCUT2D eigenvalue weighted by molar-refractivity contribution is 5.95.